The molecule has 0 radical (unpaired) electrons. The topological polar surface area (TPSA) is 26.3 Å². The number of carbonyl (C=O) groups is 1. The molecule has 0 aromatic heterocycles. The standard InChI is InChI=1S/C22H38O2Si/c1-16-9-7-10-18-13-17(15-24-25(5,6)21(2,3)4)14-19-11-8-12-22(16,19)20(18)23/h7,10,16-19H,8-9,11-15H2,1-6H3/t16-,17+,18-,19+,22-/m1/s1. The van der Waals surface area contributed by atoms with E-state index in [1.807, 2.05) is 0 Å². The van der Waals surface area contributed by atoms with Crippen molar-refractivity contribution in [2.75, 3.05) is 6.61 Å². The summed E-state index contributed by atoms with van der Waals surface area (Å²) < 4.78 is 6.58. The molecule has 2 bridgehead atoms. The molecule has 0 amide bonds. The normalized spacial score (nSPS) is 39.0. The highest BCUT2D eigenvalue weighted by molar-refractivity contribution is 6.74. The van der Waals surface area contributed by atoms with Crippen LogP contribution in [0.2, 0.25) is 18.1 Å². The Kier molecular flexibility index (Phi) is 5.14. The summed E-state index contributed by atoms with van der Waals surface area (Å²) in [6.07, 6.45) is 11.5. The zero-order valence-corrected chi connectivity index (χ0v) is 18.2. The van der Waals surface area contributed by atoms with Crippen LogP contribution < -0.4 is 0 Å². The minimum absolute atomic E-state index is 0.0279. The van der Waals surface area contributed by atoms with Crippen molar-refractivity contribution >= 4 is 14.1 Å². The number of hydrogen-bond acceptors (Lipinski definition) is 2. The van der Waals surface area contributed by atoms with E-state index in [-0.39, 0.29) is 16.4 Å². The molecule has 0 aromatic rings. The van der Waals surface area contributed by atoms with E-state index in [0.29, 0.717) is 23.5 Å². The summed E-state index contributed by atoms with van der Waals surface area (Å²) in [5.41, 5.74) is -0.0279. The number of allylic oxidation sites excluding steroid dienone is 2. The van der Waals surface area contributed by atoms with E-state index in [2.05, 4.69) is 52.9 Å². The number of Topliss-reactive ketones (excluding diaryl/α,β-unsaturated/α-hetero) is 1. The first-order valence-corrected chi connectivity index (χ1v) is 13.3. The van der Waals surface area contributed by atoms with Crippen molar-refractivity contribution in [1.82, 2.24) is 0 Å². The van der Waals surface area contributed by atoms with Crippen molar-refractivity contribution in [3.05, 3.63) is 12.2 Å². The highest BCUT2D eigenvalue weighted by atomic mass is 28.4. The zero-order chi connectivity index (χ0) is 18.5. The third-order valence-electron chi connectivity index (χ3n) is 8.10. The fourth-order valence-corrected chi connectivity index (χ4v) is 6.54. The average molecular weight is 363 g/mol. The smallest absolute Gasteiger partial charge is 0.191 e. The molecule has 25 heavy (non-hydrogen) atoms. The van der Waals surface area contributed by atoms with E-state index in [1.54, 1.807) is 0 Å². The summed E-state index contributed by atoms with van der Waals surface area (Å²) in [4.78, 5) is 13.5. The van der Waals surface area contributed by atoms with Crippen molar-refractivity contribution in [2.24, 2.45) is 29.1 Å². The lowest BCUT2D eigenvalue weighted by molar-refractivity contribution is -0.135. The monoisotopic (exact) mass is 362 g/mol. The highest BCUT2D eigenvalue weighted by Gasteiger charge is 2.56. The number of fused-ring (bicyclic) bond motifs is 1. The Bertz CT molecular complexity index is 545. The van der Waals surface area contributed by atoms with Gasteiger partial charge >= 0.3 is 0 Å². The Balaban J connectivity index is 1.80. The van der Waals surface area contributed by atoms with Crippen LogP contribution in [0.25, 0.3) is 0 Å². The average Bonchev–Trinajstić information content (AvgIpc) is 2.85. The van der Waals surface area contributed by atoms with Gasteiger partial charge in [0.25, 0.3) is 0 Å². The first-order valence-electron chi connectivity index (χ1n) is 10.4. The van der Waals surface area contributed by atoms with Crippen LogP contribution in [0.5, 0.6) is 0 Å². The molecule has 3 rings (SSSR count). The second-order valence-electron chi connectivity index (χ2n) is 10.6. The molecule has 2 saturated carbocycles. The SMILES string of the molecule is C[C@@H]1CC=C[C@@H]2C[C@H](CO[Si](C)(C)C(C)(C)C)C[C@@H]3CCC[C@]31C2=O. The van der Waals surface area contributed by atoms with Gasteiger partial charge in [-0.1, -0.05) is 46.3 Å². The molecule has 0 unspecified atom stereocenters. The number of carbonyl (C=O) groups excluding carboxylic acids is 1. The third kappa shape index (κ3) is 3.31. The van der Waals surface area contributed by atoms with Crippen LogP contribution in [-0.4, -0.2) is 20.7 Å². The van der Waals surface area contributed by atoms with Gasteiger partial charge in [0.1, 0.15) is 5.78 Å². The molecule has 5 atom stereocenters. The maximum atomic E-state index is 13.5. The molecular formula is C22H38O2Si. The second kappa shape index (κ2) is 6.63. The molecule has 0 heterocycles. The molecule has 1 spiro atoms. The van der Waals surface area contributed by atoms with Gasteiger partial charge in [0, 0.05) is 17.9 Å². The Morgan fingerprint density at radius 2 is 2.00 bits per heavy atom. The molecule has 3 heteroatoms. The Labute approximate surface area is 155 Å². The van der Waals surface area contributed by atoms with E-state index in [9.17, 15) is 4.79 Å². The lowest BCUT2D eigenvalue weighted by Crippen LogP contribution is -2.42. The van der Waals surface area contributed by atoms with Gasteiger partial charge in [-0.15, -0.1) is 0 Å². The minimum Gasteiger partial charge on any atom is -0.417 e. The van der Waals surface area contributed by atoms with Gasteiger partial charge < -0.3 is 4.43 Å². The van der Waals surface area contributed by atoms with Crippen LogP contribution in [0, 0.1) is 29.1 Å². The third-order valence-corrected chi connectivity index (χ3v) is 12.6. The van der Waals surface area contributed by atoms with Crippen molar-refractivity contribution in [2.45, 2.75) is 84.4 Å². The largest absolute Gasteiger partial charge is 0.417 e. The Morgan fingerprint density at radius 3 is 2.68 bits per heavy atom. The molecule has 142 valence electrons. The molecule has 2 nitrogen and oxygen atoms in total. The predicted molar refractivity (Wildman–Crippen MR) is 107 cm³/mol. The Morgan fingerprint density at radius 1 is 1.28 bits per heavy atom. The van der Waals surface area contributed by atoms with Gasteiger partial charge in [0.05, 0.1) is 0 Å². The maximum Gasteiger partial charge on any atom is 0.191 e. The summed E-state index contributed by atoms with van der Waals surface area (Å²) in [6.45, 7) is 14.8. The number of hydrogen-bond donors (Lipinski definition) is 0. The van der Waals surface area contributed by atoms with E-state index >= 15 is 0 Å². The summed E-state index contributed by atoms with van der Waals surface area (Å²) in [7, 11) is -1.72. The molecule has 3 aliphatic carbocycles. The fourth-order valence-electron chi connectivity index (χ4n) is 5.46. The molecule has 0 N–H and O–H groups in total. The first kappa shape index (κ1) is 19.4. The van der Waals surface area contributed by atoms with E-state index in [4.69, 9.17) is 4.43 Å². The van der Waals surface area contributed by atoms with Crippen molar-refractivity contribution in [1.29, 1.82) is 0 Å². The van der Waals surface area contributed by atoms with Crippen LogP contribution >= 0.6 is 0 Å². The van der Waals surface area contributed by atoms with Gasteiger partial charge in [-0.05, 0) is 68.0 Å². The van der Waals surface area contributed by atoms with Gasteiger partial charge in [-0.2, -0.15) is 0 Å². The molecular weight excluding hydrogens is 324 g/mol. The summed E-state index contributed by atoms with van der Waals surface area (Å²) in [6, 6.07) is 0. The molecule has 0 saturated heterocycles. The van der Waals surface area contributed by atoms with Crippen LogP contribution in [0.4, 0.5) is 0 Å². The van der Waals surface area contributed by atoms with Crippen LogP contribution in [0.1, 0.15) is 66.2 Å². The minimum atomic E-state index is -1.72. The fraction of sp³-hybridized carbons (Fsp3) is 0.864. The second-order valence-corrected chi connectivity index (χ2v) is 15.4. The van der Waals surface area contributed by atoms with Crippen LogP contribution in [0.15, 0.2) is 12.2 Å². The van der Waals surface area contributed by atoms with E-state index < -0.39 is 8.32 Å². The highest BCUT2D eigenvalue weighted by Crippen LogP contribution is 2.57. The molecule has 0 aliphatic heterocycles. The van der Waals surface area contributed by atoms with E-state index in [0.717, 1.165) is 25.9 Å². The zero-order valence-electron chi connectivity index (χ0n) is 17.2. The van der Waals surface area contributed by atoms with Crippen LogP contribution in [0.3, 0.4) is 0 Å². The van der Waals surface area contributed by atoms with Crippen LogP contribution in [-0.2, 0) is 9.22 Å². The lowest BCUT2D eigenvalue weighted by atomic mass is 9.64. The van der Waals surface area contributed by atoms with Gasteiger partial charge in [0.2, 0.25) is 0 Å². The summed E-state index contributed by atoms with van der Waals surface area (Å²) in [5, 5.41) is 0.254. The first-order chi connectivity index (χ1) is 11.6. The van der Waals surface area contributed by atoms with Crippen molar-refractivity contribution in [3.63, 3.8) is 0 Å². The Hall–Kier alpha value is -0.413. The summed E-state index contributed by atoms with van der Waals surface area (Å²) >= 11 is 0. The number of rotatable bonds is 3. The lowest BCUT2D eigenvalue weighted by Gasteiger charge is -2.39. The summed E-state index contributed by atoms with van der Waals surface area (Å²) in [5.74, 6) is 2.36. The molecule has 0 aromatic carbocycles. The van der Waals surface area contributed by atoms with Gasteiger partial charge in [-0.3, -0.25) is 4.79 Å². The molecule has 3 aliphatic rings. The van der Waals surface area contributed by atoms with Gasteiger partial charge in [-0.25, -0.2) is 0 Å². The quantitative estimate of drug-likeness (QED) is 0.455. The maximum absolute atomic E-state index is 13.5. The molecule has 2 fully saturated rings. The predicted octanol–water partition coefficient (Wildman–Crippen LogP) is 5.99. The van der Waals surface area contributed by atoms with Gasteiger partial charge in [0.15, 0.2) is 8.32 Å². The van der Waals surface area contributed by atoms with E-state index in [1.165, 1.54) is 19.3 Å². The number of ketones is 1. The van der Waals surface area contributed by atoms with Crippen molar-refractivity contribution < 1.29 is 9.22 Å². The van der Waals surface area contributed by atoms with Crippen molar-refractivity contribution in [3.8, 4) is 0 Å².